The predicted molar refractivity (Wildman–Crippen MR) is 87.4 cm³/mol. The third kappa shape index (κ3) is 4.91. The fourth-order valence-electron chi connectivity index (χ4n) is 2.30. The predicted octanol–water partition coefficient (Wildman–Crippen LogP) is 2.87. The number of benzene rings is 1. The molecular formula is C17H21FN4O3. The molecule has 0 spiro atoms. The van der Waals surface area contributed by atoms with Gasteiger partial charge < -0.3 is 19.9 Å². The van der Waals surface area contributed by atoms with Gasteiger partial charge in [0.1, 0.15) is 0 Å². The normalized spacial score (nSPS) is 14.8. The van der Waals surface area contributed by atoms with E-state index in [1.165, 1.54) is 6.07 Å². The van der Waals surface area contributed by atoms with Crippen molar-refractivity contribution in [3.63, 3.8) is 0 Å². The van der Waals surface area contributed by atoms with Crippen molar-refractivity contribution in [2.24, 2.45) is 5.92 Å². The highest BCUT2D eigenvalue weighted by molar-refractivity contribution is 5.74. The molecule has 1 fully saturated rings. The number of hydrogen-bond acceptors (Lipinski definition) is 5. The Bertz CT molecular complexity index is 745. The van der Waals surface area contributed by atoms with Gasteiger partial charge >= 0.3 is 6.03 Å². The maximum atomic E-state index is 14.1. The topological polar surface area (TPSA) is 89.3 Å². The summed E-state index contributed by atoms with van der Waals surface area (Å²) in [6, 6.07) is 3.98. The van der Waals surface area contributed by atoms with Crippen LogP contribution in [-0.4, -0.2) is 22.8 Å². The van der Waals surface area contributed by atoms with E-state index in [1.54, 1.807) is 26.0 Å². The zero-order valence-corrected chi connectivity index (χ0v) is 14.2. The summed E-state index contributed by atoms with van der Waals surface area (Å²) in [6.45, 7) is 4.16. The van der Waals surface area contributed by atoms with Gasteiger partial charge in [-0.2, -0.15) is 4.98 Å². The Morgan fingerprint density at radius 3 is 2.92 bits per heavy atom. The summed E-state index contributed by atoms with van der Waals surface area (Å²) in [5.74, 6) is 1.22. The van der Waals surface area contributed by atoms with Gasteiger partial charge in [0.05, 0.1) is 19.2 Å². The maximum absolute atomic E-state index is 14.1. The molecule has 2 aromatic rings. The van der Waals surface area contributed by atoms with Gasteiger partial charge in [0.25, 0.3) is 0 Å². The summed E-state index contributed by atoms with van der Waals surface area (Å²) in [7, 11) is 0. The number of rotatable bonds is 7. The van der Waals surface area contributed by atoms with E-state index < -0.39 is 11.8 Å². The molecule has 25 heavy (non-hydrogen) atoms. The average Bonchev–Trinajstić information content (AvgIpc) is 3.32. The van der Waals surface area contributed by atoms with Crippen molar-refractivity contribution in [1.29, 1.82) is 0 Å². The second-order valence-electron chi connectivity index (χ2n) is 6.22. The molecule has 2 N–H and O–H groups in total. The van der Waals surface area contributed by atoms with E-state index in [9.17, 15) is 9.18 Å². The molecule has 2 amide bonds. The second-order valence-corrected chi connectivity index (χ2v) is 6.22. The molecule has 1 heterocycles. The highest BCUT2D eigenvalue weighted by Gasteiger charge is 2.22. The van der Waals surface area contributed by atoms with Crippen LogP contribution < -0.4 is 15.4 Å². The molecule has 3 rings (SSSR count). The van der Waals surface area contributed by atoms with Gasteiger partial charge in [-0.3, -0.25) is 0 Å². The summed E-state index contributed by atoms with van der Waals surface area (Å²) < 4.78 is 24.4. The Balaban J connectivity index is 1.50. The number of carbonyl (C=O) groups excluding carboxylic acids is 1. The lowest BCUT2D eigenvalue weighted by Crippen LogP contribution is -2.36. The van der Waals surface area contributed by atoms with Crippen molar-refractivity contribution in [3.05, 3.63) is 41.3 Å². The summed E-state index contributed by atoms with van der Waals surface area (Å²) in [5, 5.41) is 9.05. The van der Waals surface area contributed by atoms with Crippen LogP contribution in [0.2, 0.25) is 0 Å². The van der Waals surface area contributed by atoms with Crippen LogP contribution in [0.1, 0.15) is 43.1 Å². The zero-order valence-electron chi connectivity index (χ0n) is 14.2. The first-order valence-corrected chi connectivity index (χ1v) is 8.27. The van der Waals surface area contributed by atoms with Crippen molar-refractivity contribution in [2.75, 3.05) is 6.61 Å². The highest BCUT2D eigenvalue weighted by atomic mass is 19.1. The number of nitrogens with zero attached hydrogens (tertiary/aromatic N) is 2. The van der Waals surface area contributed by atoms with E-state index >= 15 is 0 Å². The molecule has 0 saturated heterocycles. The van der Waals surface area contributed by atoms with Gasteiger partial charge in [-0.25, -0.2) is 9.18 Å². The van der Waals surface area contributed by atoms with Crippen molar-refractivity contribution in [1.82, 2.24) is 20.8 Å². The molecule has 0 aliphatic heterocycles. The molecule has 0 bridgehead atoms. The molecule has 1 atom stereocenters. The van der Waals surface area contributed by atoms with Crippen LogP contribution in [0.3, 0.4) is 0 Å². The van der Waals surface area contributed by atoms with Crippen LogP contribution in [0.25, 0.3) is 0 Å². The number of halogens is 1. The minimum Gasteiger partial charge on any atom is -0.490 e. The molecule has 1 aromatic heterocycles. The molecule has 1 aromatic carbocycles. The van der Waals surface area contributed by atoms with Gasteiger partial charge in [-0.15, -0.1) is 0 Å². The number of hydrogen-bond donors (Lipinski definition) is 2. The molecule has 1 aliphatic rings. The van der Waals surface area contributed by atoms with E-state index in [0.717, 1.165) is 12.8 Å². The van der Waals surface area contributed by atoms with Crippen LogP contribution in [0, 0.1) is 18.7 Å². The maximum Gasteiger partial charge on any atom is 0.315 e. The highest BCUT2D eigenvalue weighted by Crippen LogP contribution is 2.30. The number of amides is 2. The lowest BCUT2D eigenvalue weighted by Gasteiger charge is -2.16. The molecule has 1 aliphatic carbocycles. The average molecular weight is 348 g/mol. The summed E-state index contributed by atoms with van der Waals surface area (Å²) >= 11 is 0. The minimum absolute atomic E-state index is 0.151. The van der Waals surface area contributed by atoms with Crippen molar-refractivity contribution < 1.29 is 18.4 Å². The van der Waals surface area contributed by atoms with Gasteiger partial charge in [0, 0.05) is 6.92 Å². The Morgan fingerprint density at radius 2 is 2.28 bits per heavy atom. The fourth-order valence-corrected chi connectivity index (χ4v) is 2.30. The van der Waals surface area contributed by atoms with Crippen LogP contribution >= 0.6 is 0 Å². The van der Waals surface area contributed by atoms with E-state index in [2.05, 4.69) is 20.8 Å². The lowest BCUT2D eigenvalue weighted by molar-refractivity contribution is 0.237. The molecule has 1 saturated carbocycles. The molecular weight excluding hydrogens is 327 g/mol. The minimum atomic E-state index is -0.422. The Labute approximate surface area is 144 Å². The summed E-state index contributed by atoms with van der Waals surface area (Å²) in [5.41, 5.74) is 0.654. The standard InChI is InChI=1S/C17H21FN4O3/c1-10(20-17(23)19-8-16-21-11(2)25-22-16)13-5-6-15(14(18)7-13)24-9-12-3-4-12/h5-7,10,12H,3-4,8-9H2,1-2H3,(H2,19,20,23)/t10-/m1/s1. The smallest absolute Gasteiger partial charge is 0.315 e. The first-order valence-electron chi connectivity index (χ1n) is 8.27. The molecule has 7 nitrogen and oxygen atoms in total. The number of urea groups is 1. The molecule has 8 heteroatoms. The lowest BCUT2D eigenvalue weighted by atomic mass is 10.1. The monoisotopic (exact) mass is 348 g/mol. The number of aryl methyl sites for hydroxylation is 1. The van der Waals surface area contributed by atoms with Gasteiger partial charge in [-0.05, 0) is 43.4 Å². The van der Waals surface area contributed by atoms with Crippen LogP contribution in [0.15, 0.2) is 22.7 Å². The second kappa shape index (κ2) is 7.50. The molecule has 134 valence electrons. The fraction of sp³-hybridized carbons (Fsp3) is 0.471. The third-order valence-electron chi connectivity index (χ3n) is 3.95. The van der Waals surface area contributed by atoms with Crippen molar-refractivity contribution >= 4 is 6.03 Å². The van der Waals surface area contributed by atoms with E-state index in [-0.39, 0.29) is 18.3 Å². The van der Waals surface area contributed by atoms with Crippen LogP contribution in [-0.2, 0) is 6.54 Å². The largest absolute Gasteiger partial charge is 0.490 e. The van der Waals surface area contributed by atoms with Crippen LogP contribution in [0.5, 0.6) is 5.75 Å². The van der Waals surface area contributed by atoms with Gasteiger partial charge in [0.15, 0.2) is 17.4 Å². The van der Waals surface area contributed by atoms with Gasteiger partial charge in [-0.1, -0.05) is 11.2 Å². The zero-order chi connectivity index (χ0) is 17.8. The quantitative estimate of drug-likeness (QED) is 0.803. The first-order chi connectivity index (χ1) is 12.0. The summed E-state index contributed by atoms with van der Waals surface area (Å²) in [6.07, 6.45) is 2.30. The number of nitrogens with one attached hydrogen (secondary N) is 2. The third-order valence-corrected chi connectivity index (χ3v) is 3.95. The number of carbonyl (C=O) groups is 1. The first kappa shape index (κ1) is 17.2. The number of aromatic nitrogens is 2. The van der Waals surface area contributed by atoms with Gasteiger partial charge in [0.2, 0.25) is 5.89 Å². The Kier molecular flexibility index (Phi) is 5.16. The Morgan fingerprint density at radius 1 is 1.48 bits per heavy atom. The van der Waals surface area contributed by atoms with Crippen molar-refractivity contribution in [2.45, 2.75) is 39.3 Å². The summed E-state index contributed by atoms with van der Waals surface area (Å²) in [4.78, 5) is 15.9. The SMILES string of the molecule is Cc1nc(CNC(=O)N[C@H](C)c2ccc(OCC3CC3)c(F)c2)no1. The van der Waals surface area contributed by atoms with Crippen molar-refractivity contribution in [3.8, 4) is 5.75 Å². The number of ether oxygens (including phenoxy) is 1. The van der Waals surface area contributed by atoms with E-state index in [4.69, 9.17) is 9.26 Å². The molecule has 0 unspecified atom stereocenters. The van der Waals surface area contributed by atoms with E-state index in [1.807, 2.05) is 0 Å². The molecule has 0 radical (unpaired) electrons. The van der Waals surface area contributed by atoms with E-state index in [0.29, 0.717) is 29.8 Å². The van der Waals surface area contributed by atoms with Crippen LogP contribution in [0.4, 0.5) is 9.18 Å². The Hall–Kier alpha value is -2.64.